The zero-order valence-corrected chi connectivity index (χ0v) is 14.0. The summed E-state index contributed by atoms with van der Waals surface area (Å²) < 4.78 is 6.26. The first-order valence-electron chi connectivity index (χ1n) is 9.41. The third-order valence-electron chi connectivity index (χ3n) is 6.24. The van der Waals surface area contributed by atoms with Crippen LogP contribution in [0.3, 0.4) is 0 Å². The minimum atomic E-state index is -0.463. The first-order chi connectivity index (χ1) is 11.6. The monoisotopic (exact) mass is 334 g/mol. The molecule has 4 atom stereocenters. The van der Waals surface area contributed by atoms with E-state index in [-0.39, 0.29) is 29.7 Å². The average Bonchev–Trinajstić information content (AvgIpc) is 3.16. The lowest BCUT2D eigenvalue weighted by Crippen LogP contribution is -2.53. The molecule has 2 aliphatic carbocycles. The van der Waals surface area contributed by atoms with Crippen molar-refractivity contribution in [2.75, 3.05) is 6.54 Å². The topological polar surface area (TPSA) is 75.7 Å². The molecule has 24 heavy (non-hydrogen) atoms. The second-order valence-electron chi connectivity index (χ2n) is 7.80. The molecule has 2 heterocycles. The standard InChI is InChI=1S/C18H26N2O4/c21-16-8-7-15(17(22)19-16)20-10-11-9-13(5-6-14(11)18(20)23)24-12-3-1-2-4-12/h11-15H,1-10H2,(H,19,21,22). The number of amides is 3. The molecule has 0 aromatic carbocycles. The largest absolute Gasteiger partial charge is 0.375 e. The number of hydrogen-bond acceptors (Lipinski definition) is 4. The van der Waals surface area contributed by atoms with Gasteiger partial charge in [-0.2, -0.15) is 0 Å². The molecule has 0 aromatic heterocycles. The molecule has 4 aliphatic rings. The number of carbonyl (C=O) groups is 3. The highest BCUT2D eigenvalue weighted by Gasteiger charge is 2.48. The van der Waals surface area contributed by atoms with Crippen LogP contribution < -0.4 is 5.32 Å². The zero-order chi connectivity index (χ0) is 16.7. The van der Waals surface area contributed by atoms with Crippen LogP contribution in [0.15, 0.2) is 0 Å². The fraction of sp³-hybridized carbons (Fsp3) is 0.833. The minimum Gasteiger partial charge on any atom is -0.375 e. The van der Waals surface area contributed by atoms with E-state index in [1.165, 1.54) is 25.7 Å². The first kappa shape index (κ1) is 16.1. The van der Waals surface area contributed by atoms with Gasteiger partial charge in [0.1, 0.15) is 6.04 Å². The predicted octanol–water partition coefficient (Wildman–Crippen LogP) is 1.38. The molecule has 132 valence electrons. The molecule has 6 heteroatoms. The van der Waals surface area contributed by atoms with E-state index in [0.29, 0.717) is 31.4 Å². The van der Waals surface area contributed by atoms with Gasteiger partial charge in [0.05, 0.1) is 12.2 Å². The number of hydrogen-bond donors (Lipinski definition) is 1. The van der Waals surface area contributed by atoms with E-state index in [1.54, 1.807) is 4.90 Å². The van der Waals surface area contributed by atoms with Crippen molar-refractivity contribution in [2.45, 2.75) is 76.0 Å². The van der Waals surface area contributed by atoms with Gasteiger partial charge in [0.15, 0.2) is 0 Å². The van der Waals surface area contributed by atoms with Crippen LogP contribution in [0.2, 0.25) is 0 Å². The number of likely N-dealkylation sites (tertiary alicyclic amines) is 1. The Balaban J connectivity index is 1.38. The maximum Gasteiger partial charge on any atom is 0.249 e. The minimum absolute atomic E-state index is 0.0406. The molecule has 0 spiro atoms. The number of ether oxygens (including phenoxy) is 1. The number of piperidine rings is 1. The van der Waals surface area contributed by atoms with E-state index in [2.05, 4.69) is 5.32 Å². The Morgan fingerprint density at radius 1 is 0.958 bits per heavy atom. The molecular weight excluding hydrogens is 308 g/mol. The summed E-state index contributed by atoms with van der Waals surface area (Å²) in [6, 6.07) is -0.463. The molecule has 4 fully saturated rings. The van der Waals surface area contributed by atoms with Gasteiger partial charge in [-0.25, -0.2) is 0 Å². The molecule has 2 aliphatic heterocycles. The summed E-state index contributed by atoms with van der Waals surface area (Å²) in [6.45, 7) is 0.639. The van der Waals surface area contributed by atoms with Crippen molar-refractivity contribution in [3.8, 4) is 0 Å². The van der Waals surface area contributed by atoms with Crippen LogP contribution >= 0.6 is 0 Å². The number of nitrogens with one attached hydrogen (secondary N) is 1. The van der Waals surface area contributed by atoms with Crippen molar-refractivity contribution < 1.29 is 19.1 Å². The van der Waals surface area contributed by atoms with Gasteiger partial charge in [0.25, 0.3) is 0 Å². The Morgan fingerprint density at radius 3 is 2.50 bits per heavy atom. The molecule has 2 saturated heterocycles. The maximum absolute atomic E-state index is 12.7. The van der Waals surface area contributed by atoms with E-state index in [4.69, 9.17) is 4.74 Å². The summed E-state index contributed by atoms with van der Waals surface area (Å²) in [4.78, 5) is 37.9. The number of nitrogens with zero attached hydrogens (tertiary/aromatic N) is 1. The molecular formula is C18H26N2O4. The molecule has 4 rings (SSSR count). The Hall–Kier alpha value is -1.43. The number of fused-ring (bicyclic) bond motifs is 1. The van der Waals surface area contributed by atoms with Crippen molar-refractivity contribution >= 4 is 17.7 Å². The molecule has 0 radical (unpaired) electrons. The van der Waals surface area contributed by atoms with E-state index in [9.17, 15) is 14.4 Å². The van der Waals surface area contributed by atoms with Gasteiger partial charge in [-0.15, -0.1) is 0 Å². The molecule has 2 saturated carbocycles. The molecule has 0 bridgehead atoms. The predicted molar refractivity (Wildman–Crippen MR) is 85.8 cm³/mol. The smallest absolute Gasteiger partial charge is 0.249 e. The number of imide groups is 1. The van der Waals surface area contributed by atoms with Gasteiger partial charge in [0.2, 0.25) is 17.7 Å². The molecule has 3 amide bonds. The highest BCUT2D eigenvalue weighted by atomic mass is 16.5. The molecule has 1 N–H and O–H groups in total. The van der Waals surface area contributed by atoms with E-state index in [1.807, 2.05) is 0 Å². The normalized spacial score (nSPS) is 37.7. The molecule has 0 aromatic rings. The van der Waals surface area contributed by atoms with Crippen molar-refractivity contribution in [2.24, 2.45) is 11.8 Å². The van der Waals surface area contributed by atoms with Crippen LogP contribution in [0.5, 0.6) is 0 Å². The second kappa shape index (κ2) is 6.47. The third-order valence-corrected chi connectivity index (χ3v) is 6.24. The van der Waals surface area contributed by atoms with Crippen molar-refractivity contribution in [1.29, 1.82) is 0 Å². The van der Waals surface area contributed by atoms with Gasteiger partial charge in [-0.1, -0.05) is 12.8 Å². The molecule has 6 nitrogen and oxygen atoms in total. The highest BCUT2D eigenvalue weighted by molar-refractivity contribution is 6.02. The van der Waals surface area contributed by atoms with E-state index >= 15 is 0 Å². The van der Waals surface area contributed by atoms with Crippen LogP contribution in [0, 0.1) is 11.8 Å². The second-order valence-corrected chi connectivity index (χ2v) is 7.80. The van der Waals surface area contributed by atoms with Gasteiger partial charge < -0.3 is 9.64 Å². The van der Waals surface area contributed by atoms with Gasteiger partial charge in [0, 0.05) is 18.9 Å². The average molecular weight is 334 g/mol. The van der Waals surface area contributed by atoms with E-state index in [0.717, 1.165) is 19.3 Å². The van der Waals surface area contributed by atoms with Crippen LogP contribution in [0.25, 0.3) is 0 Å². The van der Waals surface area contributed by atoms with Crippen LogP contribution in [-0.4, -0.2) is 47.4 Å². The van der Waals surface area contributed by atoms with Gasteiger partial charge in [-0.3, -0.25) is 19.7 Å². The fourth-order valence-corrected chi connectivity index (χ4v) is 4.98. The Labute approximate surface area is 142 Å². The Kier molecular flexibility index (Phi) is 4.33. The van der Waals surface area contributed by atoms with Crippen molar-refractivity contribution in [3.05, 3.63) is 0 Å². The summed E-state index contributed by atoms with van der Waals surface area (Å²) in [5, 5.41) is 2.37. The SMILES string of the molecule is O=C1CCC(N2CC3CC(OC4CCCC4)CCC3C2=O)C(=O)N1. The van der Waals surface area contributed by atoms with Gasteiger partial charge in [-0.05, 0) is 44.4 Å². The van der Waals surface area contributed by atoms with Crippen molar-refractivity contribution in [1.82, 2.24) is 10.2 Å². The summed E-state index contributed by atoms with van der Waals surface area (Å²) in [6.07, 6.45) is 9.09. The summed E-state index contributed by atoms with van der Waals surface area (Å²) in [5.41, 5.74) is 0. The fourth-order valence-electron chi connectivity index (χ4n) is 4.98. The summed E-state index contributed by atoms with van der Waals surface area (Å²) in [7, 11) is 0. The lowest BCUT2D eigenvalue weighted by atomic mass is 9.80. The van der Waals surface area contributed by atoms with Crippen LogP contribution in [-0.2, 0) is 19.1 Å². The highest BCUT2D eigenvalue weighted by Crippen LogP contribution is 2.40. The number of rotatable bonds is 3. The van der Waals surface area contributed by atoms with Crippen LogP contribution in [0.1, 0.15) is 57.8 Å². The first-order valence-corrected chi connectivity index (χ1v) is 9.41. The van der Waals surface area contributed by atoms with Crippen LogP contribution in [0.4, 0.5) is 0 Å². The molecule has 4 unspecified atom stereocenters. The zero-order valence-electron chi connectivity index (χ0n) is 14.0. The summed E-state index contributed by atoms with van der Waals surface area (Å²) in [5.74, 6) is -0.0990. The Bertz CT molecular complexity index is 543. The lowest BCUT2D eigenvalue weighted by Gasteiger charge is -2.31. The number of carbonyl (C=O) groups excluding carboxylic acids is 3. The lowest BCUT2D eigenvalue weighted by molar-refractivity contribution is -0.145. The van der Waals surface area contributed by atoms with Crippen molar-refractivity contribution in [3.63, 3.8) is 0 Å². The third kappa shape index (κ3) is 2.96. The maximum atomic E-state index is 12.7. The van der Waals surface area contributed by atoms with E-state index < -0.39 is 6.04 Å². The summed E-state index contributed by atoms with van der Waals surface area (Å²) >= 11 is 0. The Morgan fingerprint density at radius 2 is 1.75 bits per heavy atom. The van der Waals surface area contributed by atoms with Gasteiger partial charge >= 0.3 is 0 Å². The quantitative estimate of drug-likeness (QED) is 0.791.